The molecule has 65 valence electrons. The average molecular weight is 209 g/mol. The Labute approximate surface area is 98.8 Å². The van der Waals surface area contributed by atoms with Crippen molar-refractivity contribution in [2.45, 2.75) is 0 Å². The normalized spacial score (nSPS) is 19.4. The molecule has 1 N–H and O–H groups in total. The molecular formula is C7H6NaO4S. The van der Waals surface area contributed by atoms with Gasteiger partial charge < -0.3 is 5.11 Å². The summed E-state index contributed by atoms with van der Waals surface area (Å²) < 4.78 is 21.0. The van der Waals surface area contributed by atoms with E-state index in [0.717, 1.165) is 0 Å². The number of carboxylic acid groups (broad SMARTS) is 1. The average Bonchev–Trinajstić information content (AvgIpc) is 2.04. The van der Waals surface area contributed by atoms with E-state index in [1.165, 1.54) is 24.3 Å². The van der Waals surface area contributed by atoms with Crippen LogP contribution in [0.2, 0.25) is 0 Å². The summed E-state index contributed by atoms with van der Waals surface area (Å²) in [5.74, 6) is -2.19. The van der Waals surface area contributed by atoms with Gasteiger partial charge in [0.25, 0.3) is 0 Å². The third-order valence-corrected chi connectivity index (χ3v) is 2.22. The monoisotopic (exact) mass is 209 g/mol. The minimum atomic E-state index is -2.45. The molecule has 1 atom stereocenters. The van der Waals surface area contributed by atoms with E-state index < -0.39 is 22.2 Å². The standard InChI is InChI=1S/C7H6O4S.Na/c8-7(9)5-3-1-2-4-6(5)12(10)11;/h1-5H,(H,8,9);. The molecule has 1 aliphatic rings. The van der Waals surface area contributed by atoms with Crippen molar-refractivity contribution in [2.24, 2.45) is 5.92 Å². The molecule has 13 heavy (non-hydrogen) atoms. The molecule has 0 saturated heterocycles. The van der Waals surface area contributed by atoms with Crippen LogP contribution in [0.5, 0.6) is 0 Å². The van der Waals surface area contributed by atoms with E-state index in [9.17, 15) is 13.2 Å². The summed E-state index contributed by atoms with van der Waals surface area (Å²) in [6.07, 6.45) is 5.61. The van der Waals surface area contributed by atoms with E-state index in [-0.39, 0.29) is 34.4 Å². The molecule has 4 nitrogen and oxygen atoms in total. The third kappa shape index (κ3) is 3.11. The summed E-state index contributed by atoms with van der Waals surface area (Å²) in [6.45, 7) is 0. The summed E-state index contributed by atoms with van der Waals surface area (Å²) in [5.41, 5.74) is 0. The minimum Gasteiger partial charge on any atom is -0.481 e. The van der Waals surface area contributed by atoms with Gasteiger partial charge in [-0.2, -0.15) is 8.42 Å². The van der Waals surface area contributed by atoms with Gasteiger partial charge in [-0.3, -0.25) is 4.79 Å². The largest absolute Gasteiger partial charge is 0.481 e. The second-order valence-electron chi connectivity index (χ2n) is 2.20. The fourth-order valence-electron chi connectivity index (χ4n) is 0.887. The first kappa shape index (κ1) is 12.6. The molecular weight excluding hydrogens is 203 g/mol. The number of rotatable bonds is 1. The van der Waals surface area contributed by atoms with Crippen LogP contribution >= 0.6 is 0 Å². The zero-order valence-corrected chi connectivity index (χ0v) is 9.78. The van der Waals surface area contributed by atoms with Crippen LogP contribution in [0.4, 0.5) is 0 Å². The van der Waals surface area contributed by atoms with Crippen LogP contribution in [0.25, 0.3) is 0 Å². The molecule has 1 radical (unpaired) electrons. The number of carbonyl (C=O) groups is 1. The summed E-state index contributed by atoms with van der Waals surface area (Å²) in [6, 6.07) is 0. The van der Waals surface area contributed by atoms with Crippen molar-refractivity contribution in [2.75, 3.05) is 0 Å². The van der Waals surface area contributed by atoms with Crippen LogP contribution in [0.3, 0.4) is 0 Å². The van der Waals surface area contributed by atoms with Crippen molar-refractivity contribution in [1.82, 2.24) is 0 Å². The van der Waals surface area contributed by atoms with Crippen LogP contribution in [-0.2, 0) is 15.1 Å². The van der Waals surface area contributed by atoms with Crippen LogP contribution in [0.1, 0.15) is 0 Å². The van der Waals surface area contributed by atoms with Gasteiger partial charge in [0.15, 0.2) is 0 Å². The minimum absolute atomic E-state index is 0. The van der Waals surface area contributed by atoms with Crippen LogP contribution in [0.15, 0.2) is 24.3 Å². The number of allylic oxidation sites excluding steroid dienone is 3. The molecule has 1 aliphatic carbocycles. The predicted octanol–water partition coefficient (Wildman–Crippen LogP) is -0.516. The fourth-order valence-corrected chi connectivity index (χ4v) is 1.46. The number of carboxylic acids is 1. The summed E-state index contributed by atoms with van der Waals surface area (Å²) >= 11 is 0. The second kappa shape index (κ2) is 5.39. The third-order valence-electron chi connectivity index (χ3n) is 1.44. The van der Waals surface area contributed by atoms with E-state index in [1.807, 2.05) is 0 Å². The van der Waals surface area contributed by atoms with E-state index in [4.69, 9.17) is 5.11 Å². The van der Waals surface area contributed by atoms with Crippen molar-refractivity contribution in [3.05, 3.63) is 24.3 Å². The van der Waals surface area contributed by atoms with Crippen LogP contribution < -0.4 is 0 Å². The first-order chi connectivity index (χ1) is 5.63. The molecule has 0 fully saturated rings. The molecule has 0 bridgehead atoms. The molecule has 0 aromatic rings. The maximum absolute atomic E-state index is 10.5. The molecule has 0 spiro atoms. The molecule has 6 heteroatoms. The molecule has 1 unspecified atom stereocenters. The maximum atomic E-state index is 10.5. The van der Waals surface area contributed by atoms with Crippen molar-refractivity contribution in [3.63, 3.8) is 0 Å². The van der Waals surface area contributed by atoms with E-state index in [0.29, 0.717) is 0 Å². The smallest absolute Gasteiger partial charge is 0.315 e. The van der Waals surface area contributed by atoms with E-state index in [1.54, 1.807) is 0 Å². The van der Waals surface area contributed by atoms with Gasteiger partial charge in [0.05, 0.1) is 4.86 Å². The Balaban J connectivity index is 0.00000144. The van der Waals surface area contributed by atoms with Crippen molar-refractivity contribution < 1.29 is 18.3 Å². The van der Waals surface area contributed by atoms with Crippen molar-refractivity contribution >= 4 is 50.7 Å². The van der Waals surface area contributed by atoms with Gasteiger partial charge in [-0.15, -0.1) is 0 Å². The van der Waals surface area contributed by atoms with Gasteiger partial charge in [0, 0.05) is 29.6 Å². The van der Waals surface area contributed by atoms with Gasteiger partial charge >= 0.3 is 5.97 Å². The Hall–Kier alpha value is -0.360. The Morgan fingerprint density at radius 1 is 1.38 bits per heavy atom. The first-order valence-electron chi connectivity index (χ1n) is 3.16. The van der Waals surface area contributed by atoms with Crippen LogP contribution in [0, 0.1) is 5.92 Å². The molecule has 0 aliphatic heterocycles. The van der Waals surface area contributed by atoms with E-state index in [2.05, 4.69) is 0 Å². The maximum Gasteiger partial charge on any atom is 0.315 e. The number of hydrogen-bond acceptors (Lipinski definition) is 3. The zero-order valence-electron chi connectivity index (χ0n) is 6.97. The predicted molar refractivity (Wildman–Crippen MR) is 49.1 cm³/mol. The SMILES string of the molecule is O=C(O)C1C=CC=CC1=S(=O)=O.[Na]. The van der Waals surface area contributed by atoms with Gasteiger partial charge in [0.2, 0.25) is 10.3 Å². The Kier molecular flexibility index (Phi) is 5.24. The van der Waals surface area contributed by atoms with Crippen LogP contribution in [-0.4, -0.2) is 53.9 Å². The quantitative estimate of drug-likeness (QED) is 0.466. The van der Waals surface area contributed by atoms with Gasteiger partial charge in [-0.05, 0) is 6.08 Å². The molecule has 0 saturated carbocycles. The second-order valence-corrected chi connectivity index (χ2v) is 3.14. The van der Waals surface area contributed by atoms with E-state index >= 15 is 0 Å². The molecule has 0 amide bonds. The van der Waals surface area contributed by atoms with Gasteiger partial charge in [-0.1, -0.05) is 18.2 Å². The zero-order chi connectivity index (χ0) is 9.14. The first-order valence-corrected chi connectivity index (χ1v) is 4.24. The molecule has 0 aromatic heterocycles. The molecule has 0 aromatic carbocycles. The number of aliphatic carboxylic acids is 1. The summed E-state index contributed by atoms with van der Waals surface area (Å²) in [4.78, 5) is 10.4. The Morgan fingerprint density at radius 2 is 2.00 bits per heavy atom. The molecule has 1 rings (SSSR count). The molecule has 0 heterocycles. The number of hydrogen-bond donors (Lipinski definition) is 1. The Morgan fingerprint density at radius 3 is 2.38 bits per heavy atom. The Bertz CT molecular complexity index is 383. The fraction of sp³-hybridized carbons (Fsp3) is 0.143. The van der Waals surface area contributed by atoms with Gasteiger partial charge in [0.1, 0.15) is 5.92 Å². The van der Waals surface area contributed by atoms with Gasteiger partial charge in [-0.25, -0.2) is 0 Å². The topological polar surface area (TPSA) is 71.4 Å². The van der Waals surface area contributed by atoms with Crippen molar-refractivity contribution in [3.8, 4) is 0 Å². The summed E-state index contributed by atoms with van der Waals surface area (Å²) in [5, 5.41) is 8.58. The van der Waals surface area contributed by atoms with Crippen molar-refractivity contribution in [1.29, 1.82) is 0 Å². The summed E-state index contributed by atoms with van der Waals surface area (Å²) in [7, 11) is -2.45.